The van der Waals surface area contributed by atoms with Crippen LogP contribution in [0.25, 0.3) is 11.1 Å². The Balaban J connectivity index is 0.00000144. The summed E-state index contributed by atoms with van der Waals surface area (Å²) in [6.07, 6.45) is 1.39. The van der Waals surface area contributed by atoms with Crippen LogP contribution in [0.2, 0.25) is 5.02 Å². The first-order valence-electron chi connectivity index (χ1n) is 5.08. The lowest BCUT2D eigenvalue weighted by Crippen LogP contribution is -1.85. The maximum Gasteiger partial charge on any atom is 0.124 e. The number of carbonyl (C=O) groups is 1. The van der Waals surface area contributed by atoms with E-state index in [-0.39, 0.29) is 7.43 Å². The summed E-state index contributed by atoms with van der Waals surface area (Å²) >= 11 is 5.83. The molecule has 17 heavy (non-hydrogen) atoms. The van der Waals surface area contributed by atoms with Crippen molar-refractivity contribution in [3.05, 3.63) is 59.1 Å². The van der Waals surface area contributed by atoms with Crippen molar-refractivity contribution < 1.29 is 4.79 Å². The first-order valence-corrected chi connectivity index (χ1v) is 5.46. The van der Waals surface area contributed by atoms with Gasteiger partial charge in [0, 0.05) is 11.4 Å². The van der Waals surface area contributed by atoms with Gasteiger partial charge in [0.1, 0.15) is 6.29 Å². The summed E-state index contributed by atoms with van der Waals surface area (Å²) in [6.45, 7) is 0. The Morgan fingerprint density at radius 2 is 1.35 bits per heavy atom. The van der Waals surface area contributed by atoms with Crippen LogP contribution in [0.5, 0.6) is 0 Å². The van der Waals surface area contributed by atoms with Crippen LogP contribution in [0.4, 0.5) is 0 Å². The molecule has 0 amide bonds. The van der Waals surface area contributed by atoms with Gasteiger partial charge in [0.15, 0.2) is 0 Å². The fraction of sp³-hybridized carbons (Fsp3) is 0.133. The number of halogens is 1. The van der Waals surface area contributed by atoms with Gasteiger partial charge in [-0.05, 0) is 28.8 Å². The molecule has 2 aromatic carbocycles. The lowest BCUT2D eigenvalue weighted by atomic mass is 10.0. The molecule has 0 aliphatic carbocycles. The minimum Gasteiger partial charge on any atom is -0.303 e. The molecule has 2 heteroatoms. The summed E-state index contributed by atoms with van der Waals surface area (Å²) in [5, 5.41) is 0.737. The van der Waals surface area contributed by atoms with Crippen LogP contribution < -0.4 is 0 Å². The summed E-state index contributed by atoms with van der Waals surface area (Å²) in [4.78, 5) is 10.4. The van der Waals surface area contributed by atoms with Crippen LogP contribution in [-0.4, -0.2) is 6.29 Å². The van der Waals surface area contributed by atoms with Gasteiger partial charge in [0.25, 0.3) is 0 Å². The third-order valence-corrected chi connectivity index (χ3v) is 2.70. The zero-order valence-corrected chi connectivity index (χ0v) is 9.45. The molecule has 0 bridgehead atoms. The highest BCUT2D eigenvalue weighted by Crippen LogP contribution is 2.21. The molecule has 0 unspecified atom stereocenters. The van der Waals surface area contributed by atoms with Crippen molar-refractivity contribution in [2.24, 2.45) is 0 Å². The molecule has 0 aliphatic rings. The summed E-state index contributed by atoms with van der Waals surface area (Å²) in [6, 6.07) is 15.7. The predicted octanol–water partition coefficient (Wildman–Crippen LogP) is 4.38. The highest BCUT2D eigenvalue weighted by Gasteiger charge is 1.97. The Bertz CT molecular complexity index is 471. The second-order valence-corrected chi connectivity index (χ2v) is 4.01. The number of hydrogen-bond donors (Lipinski definition) is 0. The third kappa shape index (κ3) is 3.43. The van der Waals surface area contributed by atoms with Crippen molar-refractivity contribution in [1.29, 1.82) is 0 Å². The van der Waals surface area contributed by atoms with E-state index in [0.717, 1.165) is 28.0 Å². The summed E-state index contributed by atoms with van der Waals surface area (Å²) in [5.41, 5.74) is 3.29. The number of aldehydes is 1. The van der Waals surface area contributed by atoms with Gasteiger partial charge in [-0.2, -0.15) is 0 Å². The van der Waals surface area contributed by atoms with Crippen LogP contribution in [0.15, 0.2) is 48.5 Å². The Morgan fingerprint density at radius 1 is 0.882 bits per heavy atom. The SMILES string of the molecule is C.O=CCc1ccc(-c2ccc(Cl)cc2)cc1. The minimum absolute atomic E-state index is 0. The van der Waals surface area contributed by atoms with E-state index in [2.05, 4.69) is 0 Å². The van der Waals surface area contributed by atoms with Crippen LogP contribution in [0.3, 0.4) is 0 Å². The van der Waals surface area contributed by atoms with Crippen molar-refractivity contribution in [3.8, 4) is 11.1 Å². The highest BCUT2D eigenvalue weighted by atomic mass is 35.5. The predicted molar refractivity (Wildman–Crippen MR) is 73.4 cm³/mol. The van der Waals surface area contributed by atoms with Gasteiger partial charge in [-0.15, -0.1) is 0 Å². The molecular weight excluding hydrogens is 232 g/mol. The van der Waals surface area contributed by atoms with Gasteiger partial charge in [0.05, 0.1) is 0 Å². The molecule has 0 spiro atoms. The van der Waals surface area contributed by atoms with E-state index in [0.29, 0.717) is 6.42 Å². The van der Waals surface area contributed by atoms with Crippen molar-refractivity contribution in [1.82, 2.24) is 0 Å². The van der Waals surface area contributed by atoms with E-state index in [9.17, 15) is 4.79 Å². The molecule has 2 rings (SSSR count). The van der Waals surface area contributed by atoms with Gasteiger partial charge in [-0.1, -0.05) is 55.4 Å². The molecular formula is C15H15ClO. The van der Waals surface area contributed by atoms with Crippen molar-refractivity contribution in [2.45, 2.75) is 13.8 Å². The minimum atomic E-state index is 0. The van der Waals surface area contributed by atoms with Gasteiger partial charge < -0.3 is 4.79 Å². The van der Waals surface area contributed by atoms with Crippen LogP contribution in [0, 0.1) is 0 Å². The molecule has 0 aromatic heterocycles. The third-order valence-electron chi connectivity index (χ3n) is 2.45. The molecule has 0 aliphatic heterocycles. The molecule has 0 N–H and O–H groups in total. The highest BCUT2D eigenvalue weighted by molar-refractivity contribution is 6.30. The molecule has 1 nitrogen and oxygen atoms in total. The summed E-state index contributed by atoms with van der Waals surface area (Å²) in [7, 11) is 0. The second-order valence-electron chi connectivity index (χ2n) is 3.57. The number of benzene rings is 2. The number of carbonyl (C=O) groups excluding carboxylic acids is 1. The average Bonchev–Trinajstić information content (AvgIpc) is 2.32. The molecule has 0 fully saturated rings. The fourth-order valence-corrected chi connectivity index (χ4v) is 1.70. The Hall–Kier alpha value is -1.60. The molecule has 88 valence electrons. The average molecular weight is 247 g/mol. The molecule has 0 radical (unpaired) electrons. The zero-order valence-electron chi connectivity index (χ0n) is 8.69. The van der Waals surface area contributed by atoms with Crippen molar-refractivity contribution >= 4 is 17.9 Å². The van der Waals surface area contributed by atoms with Crippen LogP contribution in [0.1, 0.15) is 13.0 Å². The molecule has 0 heterocycles. The van der Waals surface area contributed by atoms with E-state index in [1.165, 1.54) is 0 Å². The van der Waals surface area contributed by atoms with E-state index >= 15 is 0 Å². The summed E-state index contributed by atoms with van der Waals surface area (Å²) in [5.74, 6) is 0. The molecule has 0 saturated heterocycles. The van der Waals surface area contributed by atoms with E-state index in [1.807, 2.05) is 48.5 Å². The normalized spacial score (nSPS) is 9.47. The number of hydrogen-bond acceptors (Lipinski definition) is 1. The maximum atomic E-state index is 10.4. The maximum absolute atomic E-state index is 10.4. The van der Waals surface area contributed by atoms with E-state index in [4.69, 9.17) is 11.6 Å². The monoisotopic (exact) mass is 246 g/mol. The quantitative estimate of drug-likeness (QED) is 0.735. The molecule has 0 saturated carbocycles. The van der Waals surface area contributed by atoms with Crippen molar-refractivity contribution in [3.63, 3.8) is 0 Å². The van der Waals surface area contributed by atoms with Crippen molar-refractivity contribution in [2.75, 3.05) is 0 Å². The van der Waals surface area contributed by atoms with E-state index < -0.39 is 0 Å². The molecule has 2 aromatic rings. The molecule has 0 atom stereocenters. The fourth-order valence-electron chi connectivity index (χ4n) is 1.57. The van der Waals surface area contributed by atoms with Gasteiger partial charge >= 0.3 is 0 Å². The standard InChI is InChI=1S/C14H11ClO.CH4/c15-14-7-5-13(6-8-14)12-3-1-11(2-4-12)9-10-16;/h1-8,10H,9H2;1H4. The van der Waals surface area contributed by atoms with E-state index in [1.54, 1.807) is 0 Å². The zero-order chi connectivity index (χ0) is 11.4. The van der Waals surface area contributed by atoms with Gasteiger partial charge in [-0.3, -0.25) is 0 Å². The van der Waals surface area contributed by atoms with Gasteiger partial charge in [-0.25, -0.2) is 0 Å². The summed E-state index contributed by atoms with van der Waals surface area (Å²) < 4.78 is 0. The smallest absolute Gasteiger partial charge is 0.124 e. The Morgan fingerprint density at radius 3 is 1.82 bits per heavy atom. The second kappa shape index (κ2) is 6.21. The van der Waals surface area contributed by atoms with Gasteiger partial charge in [0.2, 0.25) is 0 Å². The number of rotatable bonds is 3. The van der Waals surface area contributed by atoms with Crippen LogP contribution in [-0.2, 0) is 11.2 Å². The lowest BCUT2D eigenvalue weighted by Gasteiger charge is -2.02. The van der Waals surface area contributed by atoms with Crippen LogP contribution >= 0.6 is 11.6 Å². The Kier molecular flexibility index (Phi) is 4.92. The topological polar surface area (TPSA) is 17.1 Å². The largest absolute Gasteiger partial charge is 0.303 e. The lowest BCUT2D eigenvalue weighted by molar-refractivity contribution is -0.107. The first kappa shape index (κ1) is 13.5. The first-order chi connectivity index (χ1) is 7.79. The Labute approximate surface area is 107 Å².